The van der Waals surface area contributed by atoms with E-state index >= 15 is 0 Å². The quantitative estimate of drug-likeness (QED) is 0.846. The first-order chi connectivity index (χ1) is 12.7. The molecule has 0 N–H and O–H groups in total. The number of benzene rings is 2. The molecule has 26 heavy (non-hydrogen) atoms. The van der Waals surface area contributed by atoms with E-state index in [-0.39, 0.29) is 18.6 Å². The Hall–Kier alpha value is -2.73. The molecule has 0 bridgehead atoms. The second-order valence-corrected chi connectivity index (χ2v) is 6.28. The Morgan fingerprint density at radius 2 is 2.00 bits per heavy atom. The van der Waals surface area contributed by atoms with Crippen molar-refractivity contribution < 1.29 is 23.7 Å². The lowest BCUT2D eigenvalue weighted by Gasteiger charge is -2.36. The third kappa shape index (κ3) is 3.32. The summed E-state index contributed by atoms with van der Waals surface area (Å²) >= 11 is 0. The number of carbonyl (C=O) groups excluding carboxylic acids is 1. The van der Waals surface area contributed by atoms with Crippen molar-refractivity contribution in [2.45, 2.75) is 12.2 Å². The van der Waals surface area contributed by atoms with E-state index in [4.69, 9.17) is 18.9 Å². The van der Waals surface area contributed by atoms with Crippen molar-refractivity contribution in [2.24, 2.45) is 0 Å². The van der Waals surface area contributed by atoms with Gasteiger partial charge in [-0.25, -0.2) is 0 Å². The van der Waals surface area contributed by atoms with E-state index in [9.17, 15) is 4.79 Å². The maximum Gasteiger partial charge on any atom is 0.267 e. The number of hydrogen-bond donors (Lipinski definition) is 0. The third-order valence-corrected chi connectivity index (χ3v) is 4.63. The maximum atomic E-state index is 12.9. The topological polar surface area (TPSA) is 57.2 Å². The Morgan fingerprint density at radius 3 is 2.85 bits per heavy atom. The summed E-state index contributed by atoms with van der Waals surface area (Å²) in [6.45, 7) is 1.73. The molecule has 2 aromatic carbocycles. The highest BCUT2D eigenvalue weighted by molar-refractivity contribution is 5.82. The monoisotopic (exact) mass is 355 g/mol. The number of hydrogen-bond acceptors (Lipinski definition) is 5. The number of carbonyl (C=O) groups is 1. The molecule has 0 spiro atoms. The van der Waals surface area contributed by atoms with Crippen LogP contribution in [-0.4, -0.2) is 50.3 Å². The first-order valence-corrected chi connectivity index (χ1v) is 8.67. The van der Waals surface area contributed by atoms with E-state index in [1.807, 2.05) is 48.5 Å². The molecule has 1 fully saturated rings. The molecular weight excluding hydrogens is 334 g/mol. The molecule has 2 atom stereocenters. The van der Waals surface area contributed by atoms with Gasteiger partial charge >= 0.3 is 0 Å². The van der Waals surface area contributed by atoms with Crippen molar-refractivity contribution in [2.75, 3.05) is 33.4 Å². The van der Waals surface area contributed by atoms with Crippen molar-refractivity contribution >= 4 is 5.91 Å². The van der Waals surface area contributed by atoms with Gasteiger partial charge in [0.1, 0.15) is 18.5 Å². The number of amides is 1. The third-order valence-electron chi connectivity index (χ3n) is 4.63. The molecule has 0 radical (unpaired) electrons. The Balaban J connectivity index is 1.45. The molecule has 4 rings (SSSR count). The molecule has 6 nitrogen and oxygen atoms in total. The fourth-order valence-corrected chi connectivity index (χ4v) is 3.24. The molecule has 0 aliphatic carbocycles. The summed E-state index contributed by atoms with van der Waals surface area (Å²) in [5, 5.41) is 0. The molecule has 1 saturated heterocycles. The fraction of sp³-hybridized carbons (Fsp3) is 0.350. The zero-order valence-corrected chi connectivity index (χ0v) is 14.6. The van der Waals surface area contributed by atoms with Crippen LogP contribution in [0.3, 0.4) is 0 Å². The van der Waals surface area contributed by atoms with Crippen LogP contribution in [-0.2, 0) is 9.53 Å². The molecule has 0 saturated carbocycles. The Labute approximate surface area is 152 Å². The lowest BCUT2D eigenvalue weighted by Crippen LogP contribution is -2.50. The second-order valence-electron chi connectivity index (χ2n) is 6.28. The van der Waals surface area contributed by atoms with Crippen LogP contribution in [0.5, 0.6) is 17.2 Å². The molecular formula is C20H21NO5. The number of methoxy groups -OCH3 is 1. The second kappa shape index (κ2) is 7.25. The molecule has 2 aromatic rings. The molecule has 2 heterocycles. The summed E-state index contributed by atoms with van der Waals surface area (Å²) in [5.74, 6) is 1.98. The highest BCUT2D eigenvalue weighted by Gasteiger charge is 2.34. The van der Waals surface area contributed by atoms with Gasteiger partial charge in [0.2, 0.25) is 6.10 Å². The van der Waals surface area contributed by atoms with Crippen LogP contribution in [0.15, 0.2) is 48.5 Å². The van der Waals surface area contributed by atoms with Gasteiger partial charge in [-0.1, -0.05) is 24.3 Å². The maximum absolute atomic E-state index is 12.9. The van der Waals surface area contributed by atoms with E-state index in [0.29, 0.717) is 31.2 Å². The first-order valence-electron chi connectivity index (χ1n) is 8.67. The highest BCUT2D eigenvalue weighted by Crippen LogP contribution is 2.32. The summed E-state index contributed by atoms with van der Waals surface area (Å²) in [5.41, 5.74) is 0.994. The molecule has 136 valence electrons. The standard InChI is InChI=1S/C20H21NO5/c1-23-15-6-4-5-14(11-15)18-12-21(9-10-24-18)20(22)19-13-25-16-7-2-3-8-17(16)26-19/h2-8,11,18-19H,9-10,12-13H2,1H3. The van der Waals surface area contributed by atoms with Crippen LogP contribution < -0.4 is 14.2 Å². The molecule has 0 aromatic heterocycles. The molecule has 2 unspecified atom stereocenters. The predicted molar refractivity (Wildman–Crippen MR) is 94.6 cm³/mol. The Morgan fingerprint density at radius 1 is 1.15 bits per heavy atom. The summed E-state index contributed by atoms with van der Waals surface area (Å²) in [7, 11) is 1.63. The van der Waals surface area contributed by atoms with Crippen LogP contribution in [0.4, 0.5) is 0 Å². The summed E-state index contributed by atoms with van der Waals surface area (Å²) in [6, 6.07) is 15.1. The fourth-order valence-electron chi connectivity index (χ4n) is 3.24. The normalized spacial score (nSPS) is 22.0. The van der Waals surface area contributed by atoms with Crippen LogP contribution in [0, 0.1) is 0 Å². The lowest BCUT2D eigenvalue weighted by molar-refractivity contribution is -0.148. The Bertz CT molecular complexity index is 793. The number of fused-ring (bicyclic) bond motifs is 1. The van der Waals surface area contributed by atoms with Gasteiger partial charge in [-0.15, -0.1) is 0 Å². The summed E-state index contributed by atoms with van der Waals surface area (Å²) in [4.78, 5) is 14.7. The number of nitrogens with zero attached hydrogens (tertiary/aromatic N) is 1. The zero-order valence-electron chi connectivity index (χ0n) is 14.6. The molecule has 6 heteroatoms. The average molecular weight is 355 g/mol. The van der Waals surface area contributed by atoms with Crippen molar-refractivity contribution in [3.05, 3.63) is 54.1 Å². The van der Waals surface area contributed by atoms with E-state index < -0.39 is 6.10 Å². The van der Waals surface area contributed by atoms with Crippen LogP contribution >= 0.6 is 0 Å². The van der Waals surface area contributed by atoms with Crippen molar-refractivity contribution in [1.29, 1.82) is 0 Å². The van der Waals surface area contributed by atoms with Gasteiger partial charge in [0.25, 0.3) is 5.91 Å². The minimum absolute atomic E-state index is 0.0734. The average Bonchev–Trinajstić information content (AvgIpc) is 2.73. The number of morpholine rings is 1. The number of ether oxygens (including phenoxy) is 4. The summed E-state index contributed by atoms with van der Waals surface area (Å²) < 4.78 is 22.7. The van der Waals surface area contributed by atoms with Crippen molar-refractivity contribution in [3.63, 3.8) is 0 Å². The van der Waals surface area contributed by atoms with E-state index in [1.54, 1.807) is 12.0 Å². The van der Waals surface area contributed by atoms with Crippen LogP contribution in [0.25, 0.3) is 0 Å². The zero-order chi connectivity index (χ0) is 17.9. The van der Waals surface area contributed by atoms with Crippen LogP contribution in [0.2, 0.25) is 0 Å². The minimum Gasteiger partial charge on any atom is -0.497 e. The van der Waals surface area contributed by atoms with E-state index in [0.717, 1.165) is 11.3 Å². The largest absolute Gasteiger partial charge is 0.497 e. The minimum atomic E-state index is -0.631. The highest BCUT2D eigenvalue weighted by atomic mass is 16.6. The van der Waals surface area contributed by atoms with Crippen molar-refractivity contribution in [1.82, 2.24) is 4.90 Å². The number of rotatable bonds is 3. The predicted octanol–water partition coefficient (Wildman–Crippen LogP) is 2.44. The molecule has 1 amide bonds. The van der Waals surface area contributed by atoms with Gasteiger partial charge in [0, 0.05) is 6.54 Å². The van der Waals surface area contributed by atoms with Gasteiger partial charge in [0.15, 0.2) is 11.5 Å². The smallest absolute Gasteiger partial charge is 0.267 e. The number of para-hydroxylation sites is 2. The molecule has 2 aliphatic rings. The SMILES string of the molecule is COc1cccc(C2CN(C(=O)C3COc4ccccc4O3)CCO2)c1. The van der Waals surface area contributed by atoms with Gasteiger partial charge in [0.05, 0.1) is 20.3 Å². The van der Waals surface area contributed by atoms with Crippen molar-refractivity contribution in [3.8, 4) is 17.2 Å². The first kappa shape index (κ1) is 16.7. The van der Waals surface area contributed by atoms with Gasteiger partial charge < -0.3 is 23.8 Å². The van der Waals surface area contributed by atoms with Crippen LogP contribution in [0.1, 0.15) is 11.7 Å². The molecule has 2 aliphatic heterocycles. The summed E-state index contributed by atoms with van der Waals surface area (Å²) in [6.07, 6.45) is -0.812. The van der Waals surface area contributed by atoms with Gasteiger partial charge in [-0.2, -0.15) is 0 Å². The Kier molecular flexibility index (Phi) is 4.67. The van der Waals surface area contributed by atoms with Gasteiger partial charge in [-0.3, -0.25) is 4.79 Å². The van der Waals surface area contributed by atoms with E-state index in [1.165, 1.54) is 0 Å². The van der Waals surface area contributed by atoms with E-state index in [2.05, 4.69) is 0 Å². The van der Waals surface area contributed by atoms with Gasteiger partial charge in [-0.05, 0) is 29.8 Å². The lowest BCUT2D eigenvalue weighted by atomic mass is 10.1.